The normalized spacial score (nSPS) is 11.0. The van der Waals surface area contributed by atoms with Gasteiger partial charge in [-0.2, -0.15) is 0 Å². The zero-order chi connectivity index (χ0) is 19.7. The number of aryl methyl sites for hydroxylation is 1. The minimum Gasteiger partial charge on any atom is -0.494 e. The lowest BCUT2D eigenvalue weighted by Gasteiger charge is -2.19. The molecule has 142 valence electrons. The largest absolute Gasteiger partial charge is 0.494 e. The first-order chi connectivity index (χ1) is 13.6. The smallest absolute Gasteiger partial charge is 0.260 e. The molecular formula is C21H17BrN2O3S. The fourth-order valence-electron chi connectivity index (χ4n) is 2.94. The van der Waals surface area contributed by atoms with E-state index in [-0.39, 0.29) is 5.91 Å². The van der Waals surface area contributed by atoms with Crippen LogP contribution >= 0.6 is 27.3 Å². The fraction of sp³-hybridized carbons (Fsp3) is 0.143. The van der Waals surface area contributed by atoms with Gasteiger partial charge >= 0.3 is 0 Å². The number of anilines is 1. The average Bonchev–Trinajstić information content (AvgIpc) is 3.36. The number of methoxy groups -OCH3 is 1. The van der Waals surface area contributed by atoms with Gasteiger partial charge in [0, 0.05) is 10.0 Å². The number of nitrogens with zero attached hydrogens (tertiary/aromatic N) is 2. The van der Waals surface area contributed by atoms with Crippen molar-refractivity contribution in [3.8, 4) is 5.75 Å². The zero-order valence-corrected chi connectivity index (χ0v) is 17.7. The molecule has 2 aromatic carbocycles. The second-order valence-corrected chi connectivity index (χ2v) is 8.13. The second kappa shape index (κ2) is 7.77. The third kappa shape index (κ3) is 3.55. The van der Waals surface area contributed by atoms with Crippen molar-refractivity contribution >= 4 is 48.5 Å². The van der Waals surface area contributed by atoms with E-state index in [9.17, 15) is 4.79 Å². The fourth-order valence-corrected chi connectivity index (χ4v) is 4.39. The number of hydrogen-bond donors (Lipinski definition) is 0. The van der Waals surface area contributed by atoms with Gasteiger partial charge in [0.25, 0.3) is 5.91 Å². The quantitative estimate of drug-likeness (QED) is 0.379. The van der Waals surface area contributed by atoms with E-state index in [4.69, 9.17) is 14.1 Å². The zero-order valence-electron chi connectivity index (χ0n) is 15.3. The van der Waals surface area contributed by atoms with E-state index >= 15 is 0 Å². The lowest BCUT2D eigenvalue weighted by Crippen LogP contribution is -2.30. The van der Waals surface area contributed by atoms with Gasteiger partial charge in [-0.25, -0.2) is 4.98 Å². The van der Waals surface area contributed by atoms with Crippen molar-refractivity contribution in [2.45, 2.75) is 13.5 Å². The molecular weight excluding hydrogens is 440 g/mol. The molecule has 0 atom stereocenters. The number of carbonyl (C=O) groups is 1. The van der Waals surface area contributed by atoms with Crippen LogP contribution in [0.15, 0.2) is 63.7 Å². The van der Waals surface area contributed by atoms with E-state index in [1.807, 2.05) is 43.3 Å². The van der Waals surface area contributed by atoms with Crippen LogP contribution in [0.25, 0.3) is 10.2 Å². The maximum Gasteiger partial charge on any atom is 0.260 e. The van der Waals surface area contributed by atoms with Crippen molar-refractivity contribution in [2.24, 2.45) is 0 Å². The molecule has 7 heteroatoms. The molecule has 0 saturated heterocycles. The number of ether oxygens (including phenoxy) is 1. The maximum atomic E-state index is 13.3. The van der Waals surface area contributed by atoms with E-state index in [1.54, 1.807) is 30.4 Å². The van der Waals surface area contributed by atoms with Crippen molar-refractivity contribution in [3.05, 3.63) is 76.2 Å². The third-order valence-electron chi connectivity index (χ3n) is 4.35. The molecule has 4 rings (SSSR count). The van der Waals surface area contributed by atoms with Crippen molar-refractivity contribution < 1.29 is 13.9 Å². The summed E-state index contributed by atoms with van der Waals surface area (Å²) in [7, 11) is 1.62. The van der Waals surface area contributed by atoms with Gasteiger partial charge in [0.05, 0.1) is 24.6 Å². The Hall–Kier alpha value is -2.64. The Bertz CT molecular complexity index is 1140. The first kappa shape index (κ1) is 18.7. The molecule has 5 nitrogen and oxygen atoms in total. The van der Waals surface area contributed by atoms with Crippen LogP contribution in [-0.2, 0) is 6.54 Å². The highest BCUT2D eigenvalue weighted by atomic mass is 79.9. The van der Waals surface area contributed by atoms with E-state index in [0.29, 0.717) is 28.7 Å². The number of amides is 1. The van der Waals surface area contributed by atoms with Crippen LogP contribution < -0.4 is 9.64 Å². The van der Waals surface area contributed by atoms with Crippen LogP contribution in [0, 0.1) is 6.92 Å². The molecule has 28 heavy (non-hydrogen) atoms. The van der Waals surface area contributed by atoms with Gasteiger partial charge in [0.1, 0.15) is 17.0 Å². The summed E-state index contributed by atoms with van der Waals surface area (Å²) < 4.78 is 12.8. The summed E-state index contributed by atoms with van der Waals surface area (Å²) in [5.41, 5.74) is 2.42. The molecule has 0 aliphatic carbocycles. The van der Waals surface area contributed by atoms with Crippen molar-refractivity contribution in [2.75, 3.05) is 12.0 Å². The highest BCUT2D eigenvalue weighted by molar-refractivity contribution is 9.10. The lowest BCUT2D eigenvalue weighted by atomic mass is 10.2. The molecule has 0 N–H and O–H groups in total. The summed E-state index contributed by atoms with van der Waals surface area (Å²) in [5, 5.41) is 0.601. The molecule has 0 fully saturated rings. The van der Waals surface area contributed by atoms with Crippen molar-refractivity contribution in [1.29, 1.82) is 0 Å². The predicted molar refractivity (Wildman–Crippen MR) is 114 cm³/mol. The topological polar surface area (TPSA) is 55.6 Å². The third-order valence-corrected chi connectivity index (χ3v) is 6.06. The van der Waals surface area contributed by atoms with Gasteiger partial charge in [0.2, 0.25) is 0 Å². The molecule has 0 bridgehead atoms. The van der Waals surface area contributed by atoms with Gasteiger partial charge in [-0.15, -0.1) is 0 Å². The predicted octanol–water partition coefficient (Wildman–Crippen LogP) is 5.82. The molecule has 4 aromatic rings. The number of aromatic nitrogens is 1. The van der Waals surface area contributed by atoms with Crippen LogP contribution in [0.1, 0.15) is 21.7 Å². The molecule has 2 aromatic heterocycles. The van der Waals surface area contributed by atoms with Gasteiger partial charge in [-0.3, -0.25) is 9.69 Å². The van der Waals surface area contributed by atoms with E-state index in [0.717, 1.165) is 20.3 Å². The van der Waals surface area contributed by atoms with E-state index in [1.165, 1.54) is 11.3 Å². The minimum atomic E-state index is -0.145. The average molecular weight is 457 g/mol. The number of benzene rings is 2. The first-order valence-corrected chi connectivity index (χ1v) is 10.2. The van der Waals surface area contributed by atoms with E-state index in [2.05, 4.69) is 15.9 Å². The Balaban J connectivity index is 1.82. The Morgan fingerprint density at radius 3 is 2.82 bits per heavy atom. The van der Waals surface area contributed by atoms with Crippen molar-refractivity contribution in [3.63, 3.8) is 0 Å². The second-order valence-electron chi connectivity index (χ2n) is 6.24. The molecule has 2 heterocycles. The summed E-state index contributed by atoms with van der Waals surface area (Å²) in [4.78, 5) is 19.7. The van der Waals surface area contributed by atoms with E-state index < -0.39 is 0 Å². The summed E-state index contributed by atoms with van der Waals surface area (Å²) >= 11 is 4.91. The number of carbonyl (C=O) groups excluding carboxylic acids is 1. The Labute approximate surface area is 174 Å². The lowest BCUT2D eigenvalue weighted by molar-refractivity contribution is 0.0983. The highest BCUT2D eigenvalue weighted by Gasteiger charge is 2.24. The minimum absolute atomic E-state index is 0.145. The molecule has 0 unspecified atom stereocenters. The summed E-state index contributed by atoms with van der Waals surface area (Å²) in [6.45, 7) is 2.32. The van der Waals surface area contributed by atoms with Crippen LogP contribution in [-0.4, -0.2) is 18.0 Å². The Kier molecular flexibility index (Phi) is 5.19. The Morgan fingerprint density at radius 1 is 1.25 bits per heavy atom. The molecule has 0 saturated carbocycles. The molecule has 0 radical (unpaired) electrons. The molecule has 0 aliphatic rings. The number of fused-ring (bicyclic) bond motifs is 1. The number of thiazole rings is 1. The van der Waals surface area contributed by atoms with Gasteiger partial charge in [0.15, 0.2) is 5.13 Å². The number of hydrogen-bond acceptors (Lipinski definition) is 5. The van der Waals surface area contributed by atoms with Gasteiger partial charge in [-0.05, 0) is 48.9 Å². The van der Waals surface area contributed by atoms with Gasteiger partial charge < -0.3 is 9.15 Å². The highest BCUT2D eigenvalue weighted by Crippen LogP contribution is 2.37. The number of rotatable bonds is 5. The van der Waals surface area contributed by atoms with Gasteiger partial charge in [-0.1, -0.05) is 39.4 Å². The molecule has 1 amide bonds. The van der Waals surface area contributed by atoms with Crippen LogP contribution in [0.5, 0.6) is 5.75 Å². The van der Waals surface area contributed by atoms with Crippen molar-refractivity contribution in [1.82, 2.24) is 4.98 Å². The van der Waals surface area contributed by atoms with Crippen LogP contribution in [0.4, 0.5) is 5.13 Å². The SMILES string of the molecule is COc1ccc(C)c2sc(N(Cc3ccco3)C(=O)c3cccc(Br)c3)nc12. The first-order valence-electron chi connectivity index (χ1n) is 8.61. The Morgan fingerprint density at radius 2 is 2.11 bits per heavy atom. The standard InChI is InChI=1S/C21H17BrN2O3S/c1-13-8-9-17(26-2)18-19(13)28-21(23-18)24(12-16-7-4-10-27-16)20(25)14-5-3-6-15(22)11-14/h3-11H,12H2,1-2H3. The molecule has 0 aliphatic heterocycles. The maximum absolute atomic E-state index is 13.3. The molecule has 0 spiro atoms. The summed E-state index contributed by atoms with van der Waals surface area (Å²) in [5.74, 6) is 1.23. The summed E-state index contributed by atoms with van der Waals surface area (Å²) in [6, 6.07) is 14.9. The monoisotopic (exact) mass is 456 g/mol. The number of halogens is 1. The summed E-state index contributed by atoms with van der Waals surface area (Å²) in [6.07, 6.45) is 1.60. The van der Waals surface area contributed by atoms with Crippen LogP contribution in [0.3, 0.4) is 0 Å². The number of furan rings is 1. The van der Waals surface area contributed by atoms with Crippen LogP contribution in [0.2, 0.25) is 0 Å².